The maximum atomic E-state index is 13.8. The Morgan fingerprint density at radius 1 is 1.48 bits per heavy atom. The highest BCUT2D eigenvalue weighted by Gasteiger charge is 2.61. The third kappa shape index (κ3) is 3.33. The van der Waals surface area contributed by atoms with Crippen LogP contribution in [-0.2, 0) is 14.6 Å². The second-order valence-electron chi connectivity index (χ2n) is 5.05. The second-order valence-corrected chi connectivity index (χ2v) is 7.83. The van der Waals surface area contributed by atoms with Gasteiger partial charge < -0.3 is 14.6 Å². The molecule has 0 radical (unpaired) electrons. The average molecular weight is 438 g/mol. The highest BCUT2D eigenvalue weighted by Crippen LogP contribution is 2.53. The molecule has 10 heteroatoms. The molecule has 1 aromatic rings. The molecule has 0 fully saturated rings. The minimum absolute atomic E-state index is 0.0558. The van der Waals surface area contributed by atoms with E-state index in [-0.39, 0.29) is 16.0 Å². The molecule has 0 amide bonds. The molecule has 0 aliphatic carbocycles. The van der Waals surface area contributed by atoms with Gasteiger partial charge >= 0.3 is 5.25 Å². The van der Waals surface area contributed by atoms with E-state index in [1.54, 1.807) is 6.92 Å². The first-order chi connectivity index (χ1) is 11.5. The minimum atomic E-state index is -4.96. The number of aliphatic hydroxyl groups excluding tert-OH is 1. The molecule has 6 nitrogen and oxygen atoms in total. The maximum Gasteiger partial charge on any atom is 0.379 e. The number of hydrogen-bond acceptors (Lipinski definition) is 6. The number of methoxy groups -OCH3 is 1. The van der Waals surface area contributed by atoms with E-state index in [4.69, 9.17) is 9.47 Å². The predicted molar refractivity (Wildman–Crippen MR) is 90.3 cm³/mol. The largest absolute Gasteiger partial charge is 0.496 e. The van der Waals surface area contributed by atoms with Crippen molar-refractivity contribution in [2.45, 2.75) is 23.2 Å². The first kappa shape index (κ1) is 19.5. The molecule has 1 aromatic carbocycles. The van der Waals surface area contributed by atoms with Crippen LogP contribution in [0.25, 0.3) is 0 Å². The zero-order valence-electron chi connectivity index (χ0n) is 13.2. The lowest BCUT2D eigenvalue weighted by molar-refractivity contribution is -0.0379. The molecule has 1 N–H and O–H groups in total. The Balaban J connectivity index is 2.36. The Morgan fingerprint density at radius 2 is 2.12 bits per heavy atom. The maximum absolute atomic E-state index is 13.8. The van der Waals surface area contributed by atoms with Gasteiger partial charge in [0.2, 0.25) is 9.84 Å². The summed E-state index contributed by atoms with van der Waals surface area (Å²) in [5, 5.41) is 5.44. The van der Waals surface area contributed by atoms with Crippen LogP contribution in [0.4, 0.5) is 8.78 Å². The van der Waals surface area contributed by atoms with Crippen molar-refractivity contribution in [3.8, 4) is 5.75 Å². The summed E-state index contributed by atoms with van der Waals surface area (Å²) in [6, 6.07) is 2.18. The highest BCUT2D eigenvalue weighted by molar-refractivity contribution is 9.10. The number of alkyl halides is 2. The van der Waals surface area contributed by atoms with Crippen LogP contribution in [0.15, 0.2) is 50.8 Å². The van der Waals surface area contributed by atoms with Gasteiger partial charge in [0.05, 0.1) is 28.9 Å². The van der Waals surface area contributed by atoms with Crippen molar-refractivity contribution in [3.05, 3.63) is 46.5 Å². The summed E-state index contributed by atoms with van der Waals surface area (Å²) in [4.78, 5) is 3.25. The molecule has 25 heavy (non-hydrogen) atoms. The number of rotatable bonds is 5. The predicted octanol–water partition coefficient (Wildman–Crippen LogP) is 3.33. The standard InChI is InChI=1S/C15H14BrF2NO5S/c1-8(23-3)6-19-7-9(2)24-10-4-5-11-12(13(10)16)14(20)15(17,18)25(11,21)22/h4-7,14,20H,1H2,2-3H3/b9-7+,19-6?/t14-/m1/s1. The van der Waals surface area contributed by atoms with Crippen LogP contribution in [0.1, 0.15) is 18.6 Å². The number of fused-ring (bicyclic) bond motifs is 1. The van der Waals surface area contributed by atoms with Crippen LogP contribution in [0.3, 0.4) is 0 Å². The Kier molecular flexibility index (Phi) is 5.35. The van der Waals surface area contributed by atoms with Gasteiger partial charge in [0.15, 0.2) is 6.10 Å². The van der Waals surface area contributed by atoms with Gasteiger partial charge in [-0.2, -0.15) is 8.78 Å². The molecule has 1 atom stereocenters. The summed E-state index contributed by atoms with van der Waals surface area (Å²) in [6.45, 7) is 5.09. The minimum Gasteiger partial charge on any atom is -0.496 e. The number of halogens is 3. The summed E-state index contributed by atoms with van der Waals surface area (Å²) >= 11 is 3.02. The lowest BCUT2D eigenvalue weighted by Gasteiger charge is -2.14. The first-order valence-corrected chi connectivity index (χ1v) is 9.05. The van der Waals surface area contributed by atoms with E-state index in [0.29, 0.717) is 5.76 Å². The van der Waals surface area contributed by atoms with Gasteiger partial charge in [-0.15, -0.1) is 0 Å². The lowest BCUT2D eigenvalue weighted by Crippen LogP contribution is -2.28. The van der Waals surface area contributed by atoms with Crippen LogP contribution in [0.2, 0.25) is 0 Å². The molecule has 136 valence electrons. The number of benzene rings is 1. The molecule has 0 saturated carbocycles. The van der Waals surface area contributed by atoms with Crippen LogP contribution in [0.5, 0.6) is 5.75 Å². The van der Waals surface area contributed by atoms with Gasteiger partial charge in [0.1, 0.15) is 17.3 Å². The average Bonchev–Trinajstić information content (AvgIpc) is 2.67. The molecule has 0 aromatic heterocycles. The van der Waals surface area contributed by atoms with E-state index in [0.717, 1.165) is 6.07 Å². The van der Waals surface area contributed by atoms with Gasteiger partial charge in [0.25, 0.3) is 0 Å². The molecule has 1 aliphatic rings. The molecule has 0 bridgehead atoms. The lowest BCUT2D eigenvalue weighted by atomic mass is 10.1. The number of hydrogen-bond donors (Lipinski definition) is 1. The summed E-state index contributed by atoms with van der Waals surface area (Å²) < 4.78 is 61.4. The fourth-order valence-electron chi connectivity index (χ4n) is 2.06. The Hall–Kier alpha value is -1.78. The van der Waals surface area contributed by atoms with E-state index in [1.165, 1.54) is 25.6 Å². The number of aliphatic hydroxyl groups is 1. The molecule has 0 unspecified atom stereocenters. The highest BCUT2D eigenvalue weighted by atomic mass is 79.9. The van der Waals surface area contributed by atoms with E-state index >= 15 is 0 Å². The number of aliphatic imine (C=N–C) groups is 1. The Morgan fingerprint density at radius 3 is 2.72 bits per heavy atom. The van der Waals surface area contributed by atoms with Gasteiger partial charge in [-0.05, 0) is 35.0 Å². The van der Waals surface area contributed by atoms with Crippen LogP contribution < -0.4 is 4.74 Å². The van der Waals surface area contributed by atoms with Crippen LogP contribution >= 0.6 is 15.9 Å². The van der Waals surface area contributed by atoms with E-state index in [9.17, 15) is 22.3 Å². The second kappa shape index (κ2) is 6.85. The van der Waals surface area contributed by atoms with Crippen molar-refractivity contribution >= 4 is 32.0 Å². The normalized spacial score (nSPS) is 21.2. The summed E-state index contributed by atoms with van der Waals surface area (Å²) in [6.07, 6.45) is 0.172. The van der Waals surface area contributed by atoms with Crippen molar-refractivity contribution in [3.63, 3.8) is 0 Å². The molecular formula is C15H14BrF2NO5S. The molecule has 1 heterocycles. The van der Waals surface area contributed by atoms with Crippen molar-refractivity contribution < 1.29 is 31.8 Å². The third-order valence-corrected chi connectivity index (χ3v) is 6.04. The quantitative estimate of drug-likeness (QED) is 0.563. The zero-order chi connectivity index (χ0) is 19.0. The van der Waals surface area contributed by atoms with Crippen molar-refractivity contribution in [1.29, 1.82) is 0 Å². The molecular weight excluding hydrogens is 424 g/mol. The summed E-state index contributed by atoms with van der Waals surface area (Å²) in [5.41, 5.74) is -0.438. The zero-order valence-corrected chi connectivity index (χ0v) is 15.6. The smallest absolute Gasteiger partial charge is 0.379 e. The molecule has 0 spiro atoms. The SMILES string of the molecule is C=C(C=N/C=C(\C)Oc1ccc2c(c1Br)[C@@H](O)C(F)(F)S2(=O)=O)OC. The van der Waals surface area contributed by atoms with Gasteiger partial charge in [-0.1, -0.05) is 6.58 Å². The van der Waals surface area contributed by atoms with E-state index in [1.807, 2.05) is 0 Å². The van der Waals surface area contributed by atoms with Gasteiger partial charge in [-0.3, -0.25) is 4.99 Å². The Labute approximate surface area is 151 Å². The third-order valence-electron chi connectivity index (χ3n) is 3.35. The Bertz CT molecular complexity index is 880. The van der Waals surface area contributed by atoms with Gasteiger partial charge in [-0.25, -0.2) is 8.42 Å². The molecule has 1 aliphatic heterocycles. The summed E-state index contributed by atoms with van der Waals surface area (Å²) in [5.74, 6) is 0.654. The topological polar surface area (TPSA) is 85.2 Å². The van der Waals surface area contributed by atoms with Crippen molar-refractivity contribution in [1.82, 2.24) is 0 Å². The van der Waals surface area contributed by atoms with Crippen molar-refractivity contribution in [2.24, 2.45) is 4.99 Å². The molecule has 0 saturated heterocycles. The summed E-state index contributed by atoms with van der Waals surface area (Å²) in [7, 11) is -3.53. The number of nitrogens with zero attached hydrogens (tertiary/aromatic N) is 1. The van der Waals surface area contributed by atoms with Gasteiger partial charge in [0, 0.05) is 5.56 Å². The fraction of sp³-hybridized carbons (Fsp3) is 0.267. The van der Waals surface area contributed by atoms with E-state index in [2.05, 4.69) is 27.5 Å². The number of sulfone groups is 1. The van der Waals surface area contributed by atoms with Crippen LogP contribution in [-0.4, -0.2) is 32.1 Å². The first-order valence-electron chi connectivity index (χ1n) is 6.77. The van der Waals surface area contributed by atoms with Crippen LogP contribution in [0, 0.1) is 0 Å². The molecule has 2 rings (SSSR count). The fourth-order valence-corrected chi connectivity index (χ4v) is 4.29. The number of ether oxygens (including phenoxy) is 2. The van der Waals surface area contributed by atoms with Crippen molar-refractivity contribution in [2.75, 3.05) is 7.11 Å². The monoisotopic (exact) mass is 437 g/mol. The van der Waals surface area contributed by atoms with E-state index < -0.39 is 31.7 Å². The number of allylic oxidation sites excluding steroid dienone is 2.